The van der Waals surface area contributed by atoms with Crippen LogP contribution in [0.15, 0.2) is 12.1 Å². The molecule has 0 radical (unpaired) electrons. The average Bonchev–Trinajstić information content (AvgIpc) is 2.41. The average molecular weight is 322 g/mol. The third kappa shape index (κ3) is 6.29. The molecule has 2 N–H and O–H groups in total. The summed E-state index contributed by atoms with van der Waals surface area (Å²) in [4.78, 5) is 0. The van der Waals surface area contributed by atoms with E-state index in [1.807, 2.05) is 6.07 Å². The summed E-state index contributed by atoms with van der Waals surface area (Å²) in [5.74, 6) is 0.652. The van der Waals surface area contributed by atoms with Crippen LogP contribution >= 0.6 is 23.2 Å². The number of aliphatic hydroxyl groups is 1. The number of hydrogen-bond donors (Lipinski definition) is 2. The van der Waals surface area contributed by atoms with Crippen LogP contribution in [0.4, 0.5) is 0 Å². The van der Waals surface area contributed by atoms with Gasteiger partial charge in [-0.05, 0) is 25.0 Å². The van der Waals surface area contributed by atoms with Gasteiger partial charge < -0.3 is 19.9 Å². The van der Waals surface area contributed by atoms with Crippen molar-refractivity contribution in [2.75, 3.05) is 33.5 Å². The predicted molar refractivity (Wildman–Crippen MR) is 81.9 cm³/mol. The highest BCUT2D eigenvalue weighted by Gasteiger charge is 2.10. The number of ether oxygens (including phenoxy) is 2. The standard InChI is InChI=1S/C14H21Cl2NO3/c1-19-7-4-17-10-11-8-12(15)9-13(16)14(11)20-6-3-2-5-18/h8-9,17-18H,2-7,10H2,1H3. The Balaban J connectivity index is 2.63. The minimum absolute atomic E-state index is 0.170. The smallest absolute Gasteiger partial charge is 0.142 e. The second kappa shape index (κ2) is 10.2. The van der Waals surface area contributed by atoms with Gasteiger partial charge in [-0.25, -0.2) is 0 Å². The lowest BCUT2D eigenvalue weighted by molar-refractivity contribution is 0.199. The maximum Gasteiger partial charge on any atom is 0.142 e. The Morgan fingerprint density at radius 1 is 1.20 bits per heavy atom. The van der Waals surface area contributed by atoms with Crippen molar-refractivity contribution in [1.29, 1.82) is 0 Å². The summed E-state index contributed by atoms with van der Waals surface area (Å²) in [6.07, 6.45) is 1.50. The molecule has 0 aliphatic heterocycles. The molecule has 0 spiro atoms. The van der Waals surface area contributed by atoms with Gasteiger partial charge in [0, 0.05) is 37.4 Å². The van der Waals surface area contributed by atoms with E-state index in [9.17, 15) is 0 Å². The van der Waals surface area contributed by atoms with Gasteiger partial charge in [-0.15, -0.1) is 0 Å². The maximum absolute atomic E-state index is 8.75. The molecule has 0 aromatic heterocycles. The van der Waals surface area contributed by atoms with Crippen molar-refractivity contribution in [3.63, 3.8) is 0 Å². The highest BCUT2D eigenvalue weighted by atomic mass is 35.5. The first-order chi connectivity index (χ1) is 9.69. The van der Waals surface area contributed by atoms with Gasteiger partial charge in [-0.3, -0.25) is 0 Å². The Hall–Kier alpha value is -0.520. The van der Waals surface area contributed by atoms with Crippen molar-refractivity contribution in [2.45, 2.75) is 19.4 Å². The van der Waals surface area contributed by atoms with Crippen molar-refractivity contribution < 1.29 is 14.6 Å². The SMILES string of the molecule is COCCNCc1cc(Cl)cc(Cl)c1OCCCCO. The number of rotatable bonds is 10. The second-order valence-electron chi connectivity index (χ2n) is 4.32. The molecule has 1 rings (SSSR count). The maximum atomic E-state index is 8.75. The van der Waals surface area contributed by atoms with E-state index in [4.69, 9.17) is 37.8 Å². The molecule has 1 aromatic rings. The molecule has 0 aliphatic carbocycles. The molecule has 4 nitrogen and oxygen atoms in total. The lowest BCUT2D eigenvalue weighted by atomic mass is 10.2. The van der Waals surface area contributed by atoms with Gasteiger partial charge >= 0.3 is 0 Å². The summed E-state index contributed by atoms with van der Waals surface area (Å²) in [5, 5.41) is 13.1. The quantitative estimate of drug-likeness (QED) is 0.651. The number of unbranched alkanes of at least 4 members (excludes halogenated alkanes) is 1. The van der Waals surface area contributed by atoms with Crippen molar-refractivity contribution in [3.05, 3.63) is 27.7 Å². The fourth-order valence-electron chi connectivity index (χ4n) is 1.69. The van der Waals surface area contributed by atoms with Gasteiger partial charge in [-0.2, -0.15) is 0 Å². The number of methoxy groups -OCH3 is 1. The Kier molecular flexibility index (Phi) is 8.98. The van der Waals surface area contributed by atoms with Gasteiger partial charge in [0.2, 0.25) is 0 Å². The van der Waals surface area contributed by atoms with Crippen LogP contribution in [0.25, 0.3) is 0 Å². The molecule has 0 bridgehead atoms. The highest BCUT2D eigenvalue weighted by molar-refractivity contribution is 6.35. The number of nitrogens with one attached hydrogen (secondary N) is 1. The van der Waals surface area contributed by atoms with E-state index in [0.29, 0.717) is 42.0 Å². The van der Waals surface area contributed by atoms with Gasteiger partial charge in [-0.1, -0.05) is 23.2 Å². The van der Waals surface area contributed by atoms with Crippen LogP contribution in [-0.4, -0.2) is 38.6 Å². The normalized spacial score (nSPS) is 10.8. The van der Waals surface area contributed by atoms with Gasteiger partial charge in [0.25, 0.3) is 0 Å². The van der Waals surface area contributed by atoms with Gasteiger partial charge in [0.1, 0.15) is 5.75 Å². The summed E-state index contributed by atoms with van der Waals surface area (Å²) >= 11 is 12.2. The summed E-state index contributed by atoms with van der Waals surface area (Å²) in [6, 6.07) is 3.51. The summed E-state index contributed by atoms with van der Waals surface area (Å²) in [6.45, 7) is 2.68. The zero-order valence-electron chi connectivity index (χ0n) is 11.6. The molecule has 0 saturated heterocycles. The van der Waals surface area contributed by atoms with Gasteiger partial charge in [0.05, 0.1) is 18.2 Å². The molecule has 0 fully saturated rings. The topological polar surface area (TPSA) is 50.7 Å². The molecule has 114 valence electrons. The van der Waals surface area contributed by atoms with Crippen LogP contribution in [-0.2, 0) is 11.3 Å². The first-order valence-corrected chi connectivity index (χ1v) is 7.36. The van der Waals surface area contributed by atoms with Gasteiger partial charge in [0.15, 0.2) is 0 Å². The Morgan fingerprint density at radius 2 is 2.00 bits per heavy atom. The zero-order valence-corrected chi connectivity index (χ0v) is 13.1. The summed E-state index contributed by atoms with van der Waals surface area (Å²) in [5.41, 5.74) is 0.919. The molecule has 0 atom stereocenters. The van der Waals surface area contributed by atoms with E-state index in [0.717, 1.165) is 18.5 Å². The number of aliphatic hydroxyl groups excluding tert-OH is 1. The lowest BCUT2D eigenvalue weighted by Crippen LogP contribution is -2.19. The highest BCUT2D eigenvalue weighted by Crippen LogP contribution is 2.32. The monoisotopic (exact) mass is 321 g/mol. The Bertz CT molecular complexity index is 402. The number of halogens is 2. The van der Waals surface area contributed by atoms with Crippen molar-refractivity contribution in [1.82, 2.24) is 5.32 Å². The first-order valence-electron chi connectivity index (χ1n) is 6.60. The van der Waals surface area contributed by atoms with E-state index in [1.165, 1.54) is 0 Å². The molecular formula is C14H21Cl2NO3. The largest absolute Gasteiger partial charge is 0.492 e. The predicted octanol–water partition coefficient (Wildman–Crippen LogP) is 2.88. The van der Waals surface area contributed by atoms with E-state index >= 15 is 0 Å². The minimum atomic E-state index is 0.170. The lowest BCUT2D eigenvalue weighted by Gasteiger charge is -2.14. The fourth-order valence-corrected chi connectivity index (χ4v) is 2.28. The van der Waals surface area contributed by atoms with Crippen LogP contribution in [0.3, 0.4) is 0 Å². The van der Waals surface area contributed by atoms with Crippen molar-refractivity contribution in [3.8, 4) is 5.75 Å². The van der Waals surface area contributed by atoms with Crippen LogP contribution < -0.4 is 10.1 Å². The molecule has 6 heteroatoms. The zero-order chi connectivity index (χ0) is 14.8. The first kappa shape index (κ1) is 17.5. The molecule has 20 heavy (non-hydrogen) atoms. The summed E-state index contributed by atoms with van der Waals surface area (Å²) < 4.78 is 10.7. The molecule has 0 aliphatic rings. The van der Waals surface area contributed by atoms with Crippen LogP contribution in [0.1, 0.15) is 18.4 Å². The molecule has 0 saturated carbocycles. The third-order valence-electron chi connectivity index (χ3n) is 2.68. The molecular weight excluding hydrogens is 301 g/mol. The molecule has 0 heterocycles. The van der Waals surface area contributed by atoms with E-state index < -0.39 is 0 Å². The fraction of sp³-hybridized carbons (Fsp3) is 0.571. The number of hydrogen-bond acceptors (Lipinski definition) is 4. The molecule has 0 amide bonds. The summed E-state index contributed by atoms with van der Waals surface area (Å²) in [7, 11) is 1.66. The van der Waals surface area contributed by atoms with Crippen LogP contribution in [0.5, 0.6) is 5.75 Å². The van der Waals surface area contributed by atoms with Crippen molar-refractivity contribution >= 4 is 23.2 Å². The Labute approximate surface area is 130 Å². The van der Waals surface area contributed by atoms with Crippen LogP contribution in [0.2, 0.25) is 10.0 Å². The third-order valence-corrected chi connectivity index (χ3v) is 3.18. The van der Waals surface area contributed by atoms with E-state index in [2.05, 4.69) is 5.32 Å². The second-order valence-corrected chi connectivity index (χ2v) is 5.17. The molecule has 1 aromatic carbocycles. The molecule has 0 unspecified atom stereocenters. The van der Waals surface area contributed by atoms with E-state index in [-0.39, 0.29) is 6.61 Å². The Morgan fingerprint density at radius 3 is 2.70 bits per heavy atom. The van der Waals surface area contributed by atoms with Crippen LogP contribution in [0, 0.1) is 0 Å². The number of benzene rings is 1. The minimum Gasteiger partial charge on any atom is -0.492 e. The van der Waals surface area contributed by atoms with E-state index in [1.54, 1.807) is 13.2 Å². The van der Waals surface area contributed by atoms with Crippen molar-refractivity contribution in [2.24, 2.45) is 0 Å².